The van der Waals surface area contributed by atoms with Crippen LogP contribution in [0.3, 0.4) is 0 Å². The largest absolute Gasteiger partial charge is 0.285 e. The van der Waals surface area contributed by atoms with Crippen LogP contribution < -0.4 is 10.9 Å². The molecule has 0 heterocycles. The van der Waals surface area contributed by atoms with Crippen LogP contribution in [-0.2, 0) is 0 Å². The van der Waals surface area contributed by atoms with Crippen LogP contribution in [0.25, 0.3) is 22.3 Å². The summed E-state index contributed by atoms with van der Waals surface area (Å²) in [6, 6.07) is 16.7. The van der Waals surface area contributed by atoms with Gasteiger partial charge in [-0.15, -0.1) is 0 Å². The number of hydrogen-bond donors (Lipinski definition) is 0. The molecule has 0 saturated heterocycles. The first kappa shape index (κ1) is 12.1. The van der Waals surface area contributed by atoms with Gasteiger partial charge in [-0.05, 0) is 23.3 Å². The van der Waals surface area contributed by atoms with Gasteiger partial charge in [0, 0.05) is 15.6 Å². The number of hydrogen-bond acceptors (Lipinski definition) is 2. The van der Waals surface area contributed by atoms with E-state index in [1.807, 2.05) is 54.6 Å². The standard InChI is InChI=1S/C16H9BrO2/c17-12-8-6-11(7-9-12)14-13(15(18)16(14)19)10-4-2-1-3-5-10/h1-9H. The average molecular weight is 313 g/mol. The van der Waals surface area contributed by atoms with Crippen molar-refractivity contribution in [3.8, 4) is 22.3 Å². The van der Waals surface area contributed by atoms with Crippen molar-refractivity contribution < 1.29 is 0 Å². The molecule has 0 atom stereocenters. The Morgan fingerprint density at radius 3 is 1.63 bits per heavy atom. The Morgan fingerprint density at radius 2 is 1.11 bits per heavy atom. The van der Waals surface area contributed by atoms with Crippen LogP contribution in [0.15, 0.2) is 68.7 Å². The van der Waals surface area contributed by atoms with Gasteiger partial charge in [-0.25, -0.2) is 0 Å². The van der Waals surface area contributed by atoms with Crippen LogP contribution in [0.4, 0.5) is 0 Å². The molecule has 0 aliphatic carbocycles. The fourth-order valence-corrected chi connectivity index (χ4v) is 2.43. The van der Waals surface area contributed by atoms with E-state index in [9.17, 15) is 9.59 Å². The van der Waals surface area contributed by atoms with Gasteiger partial charge < -0.3 is 0 Å². The number of halogens is 1. The summed E-state index contributed by atoms with van der Waals surface area (Å²) < 4.78 is 0.941. The molecule has 92 valence electrons. The fraction of sp³-hybridized carbons (Fsp3) is 0. The predicted octanol–water partition coefficient (Wildman–Crippen LogP) is 3.38. The molecule has 3 aromatic rings. The van der Waals surface area contributed by atoms with Crippen LogP contribution in [0, 0.1) is 0 Å². The van der Waals surface area contributed by atoms with Crippen LogP contribution in [-0.4, -0.2) is 0 Å². The molecule has 0 aliphatic heterocycles. The normalized spacial score (nSPS) is 10.8. The van der Waals surface area contributed by atoms with E-state index in [1.165, 1.54) is 0 Å². The molecular formula is C16H9BrO2. The highest BCUT2D eigenvalue weighted by molar-refractivity contribution is 9.10. The lowest BCUT2D eigenvalue weighted by Crippen LogP contribution is -2.34. The Labute approximate surface area is 118 Å². The second kappa shape index (κ2) is 4.59. The lowest BCUT2D eigenvalue weighted by Gasteiger charge is -2.11. The summed E-state index contributed by atoms with van der Waals surface area (Å²) in [7, 11) is 0. The first-order valence-corrected chi connectivity index (χ1v) is 6.62. The summed E-state index contributed by atoms with van der Waals surface area (Å²) in [5.41, 5.74) is 1.82. The van der Waals surface area contributed by atoms with Crippen LogP contribution in [0.5, 0.6) is 0 Å². The topological polar surface area (TPSA) is 34.1 Å². The van der Waals surface area contributed by atoms with E-state index in [-0.39, 0.29) is 0 Å². The zero-order valence-electron chi connectivity index (χ0n) is 9.89. The molecule has 0 saturated carbocycles. The van der Waals surface area contributed by atoms with Gasteiger partial charge in [0.05, 0.1) is 0 Å². The highest BCUT2D eigenvalue weighted by atomic mass is 79.9. The summed E-state index contributed by atoms with van der Waals surface area (Å²) in [6.07, 6.45) is 0. The number of benzene rings is 2. The van der Waals surface area contributed by atoms with Gasteiger partial charge in [0.1, 0.15) is 0 Å². The minimum Gasteiger partial charge on any atom is -0.285 e. The van der Waals surface area contributed by atoms with Crippen molar-refractivity contribution in [3.63, 3.8) is 0 Å². The molecule has 0 unspecified atom stereocenters. The second-order valence-corrected chi connectivity index (χ2v) is 5.20. The summed E-state index contributed by atoms with van der Waals surface area (Å²) in [5.74, 6) is 0. The first-order chi connectivity index (χ1) is 9.18. The van der Waals surface area contributed by atoms with Crippen LogP contribution in [0.2, 0.25) is 0 Å². The Balaban J connectivity index is 2.19. The Kier molecular flexibility index (Phi) is 2.91. The summed E-state index contributed by atoms with van der Waals surface area (Å²) in [6.45, 7) is 0. The molecule has 0 aliphatic rings. The molecule has 2 nitrogen and oxygen atoms in total. The zero-order valence-corrected chi connectivity index (χ0v) is 11.5. The highest BCUT2D eigenvalue weighted by Crippen LogP contribution is 2.28. The first-order valence-electron chi connectivity index (χ1n) is 5.83. The van der Waals surface area contributed by atoms with E-state index in [0.717, 1.165) is 15.6 Å². The lowest BCUT2D eigenvalue weighted by atomic mass is 9.89. The van der Waals surface area contributed by atoms with Crippen molar-refractivity contribution >= 4 is 15.9 Å². The van der Waals surface area contributed by atoms with E-state index < -0.39 is 10.9 Å². The maximum atomic E-state index is 11.8. The molecule has 3 aromatic carbocycles. The second-order valence-electron chi connectivity index (χ2n) is 4.28. The third-order valence-corrected chi connectivity index (χ3v) is 3.63. The molecule has 0 spiro atoms. The quantitative estimate of drug-likeness (QED) is 0.680. The number of rotatable bonds is 2. The molecular weight excluding hydrogens is 304 g/mol. The van der Waals surface area contributed by atoms with Crippen molar-refractivity contribution in [2.75, 3.05) is 0 Å². The monoisotopic (exact) mass is 312 g/mol. The van der Waals surface area contributed by atoms with Crippen LogP contribution in [0.1, 0.15) is 0 Å². The van der Waals surface area contributed by atoms with Gasteiger partial charge in [0.25, 0.3) is 0 Å². The van der Waals surface area contributed by atoms with Gasteiger partial charge in [-0.1, -0.05) is 58.4 Å². The molecule has 3 rings (SSSR count). The molecule has 0 radical (unpaired) electrons. The minimum atomic E-state index is -0.402. The Hall–Kier alpha value is -2.00. The maximum absolute atomic E-state index is 11.8. The third kappa shape index (κ3) is 1.96. The van der Waals surface area contributed by atoms with E-state index in [0.29, 0.717) is 11.1 Å². The van der Waals surface area contributed by atoms with E-state index in [1.54, 1.807) is 0 Å². The van der Waals surface area contributed by atoms with Gasteiger partial charge in [0.2, 0.25) is 10.9 Å². The zero-order chi connectivity index (χ0) is 13.4. The van der Waals surface area contributed by atoms with E-state index >= 15 is 0 Å². The highest BCUT2D eigenvalue weighted by Gasteiger charge is 2.22. The molecule has 0 aromatic heterocycles. The smallest absolute Gasteiger partial charge is 0.234 e. The SMILES string of the molecule is O=c1c(-c2ccccc2)c(-c2ccc(Br)cc2)c1=O. The molecule has 3 heteroatoms. The fourth-order valence-electron chi connectivity index (χ4n) is 2.16. The minimum absolute atomic E-state index is 0.399. The summed E-state index contributed by atoms with van der Waals surface area (Å²) >= 11 is 3.35. The molecule has 19 heavy (non-hydrogen) atoms. The summed E-state index contributed by atoms with van der Waals surface area (Å²) in [5, 5.41) is 0. The average Bonchev–Trinajstić information content (AvgIpc) is 2.46. The third-order valence-electron chi connectivity index (χ3n) is 3.11. The molecule has 0 bridgehead atoms. The van der Waals surface area contributed by atoms with Gasteiger partial charge in [0.15, 0.2) is 0 Å². The molecule has 0 fully saturated rings. The van der Waals surface area contributed by atoms with Crippen molar-refractivity contribution in [1.82, 2.24) is 0 Å². The van der Waals surface area contributed by atoms with Gasteiger partial charge in [-0.3, -0.25) is 9.59 Å². The van der Waals surface area contributed by atoms with Crippen molar-refractivity contribution in [2.24, 2.45) is 0 Å². The van der Waals surface area contributed by atoms with E-state index in [2.05, 4.69) is 15.9 Å². The van der Waals surface area contributed by atoms with Crippen molar-refractivity contribution in [3.05, 3.63) is 79.5 Å². The van der Waals surface area contributed by atoms with Crippen LogP contribution >= 0.6 is 15.9 Å². The maximum Gasteiger partial charge on any atom is 0.234 e. The van der Waals surface area contributed by atoms with Gasteiger partial charge >= 0.3 is 0 Å². The van der Waals surface area contributed by atoms with E-state index in [4.69, 9.17) is 0 Å². The van der Waals surface area contributed by atoms with Crippen molar-refractivity contribution in [2.45, 2.75) is 0 Å². The Morgan fingerprint density at radius 1 is 0.632 bits per heavy atom. The molecule has 0 amide bonds. The molecule has 0 N–H and O–H groups in total. The van der Waals surface area contributed by atoms with Crippen molar-refractivity contribution in [1.29, 1.82) is 0 Å². The van der Waals surface area contributed by atoms with Gasteiger partial charge in [-0.2, -0.15) is 0 Å². The summed E-state index contributed by atoms with van der Waals surface area (Å²) in [4.78, 5) is 23.6. The lowest BCUT2D eigenvalue weighted by molar-refractivity contribution is 1.40. The predicted molar refractivity (Wildman–Crippen MR) is 79.9 cm³/mol. The Bertz CT molecular complexity index is 795.